The highest BCUT2D eigenvalue weighted by Gasteiger charge is 2.34. The lowest BCUT2D eigenvalue weighted by atomic mass is 10.1. The number of benzene rings is 1. The molecule has 0 radical (unpaired) electrons. The molecule has 0 aliphatic carbocycles. The SMILES string of the molecule is CCCCc1cc(N2CCC[C@@H](NC)C2)nc(Nc2ccc(F)c(C(F)(F)F)c2)n1.Cl.Cl. The van der Waals surface area contributed by atoms with E-state index in [1.54, 1.807) is 0 Å². The maximum Gasteiger partial charge on any atom is 0.419 e. The third-order valence-electron chi connectivity index (χ3n) is 5.23. The lowest BCUT2D eigenvalue weighted by Crippen LogP contribution is -2.44. The van der Waals surface area contributed by atoms with Crippen LogP contribution in [0.4, 0.5) is 35.0 Å². The van der Waals surface area contributed by atoms with Gasteiger partial charge >= 0.3 is 6.18 Å². The molecule has 3 rings (SSSR count). The van der Waals surface area contributed by atoms with E-state index in [9.17, 15) is 17.6 Å². The summed E-state index contributed by atoms with van der Waals surface area (Å²) in [6.07, 6.45) is 0.0371. The number of rotatable bonds is 7. The number of piperidine rings is 1. The highest BCUT2D eigenvalue weighted by molar-refractivity contribution is 5.85. The van der Waals surface area contributed by atoms with Crippen LogP contribution < -0.4 is 15.5 Å². The van der Waals surface area contributed by atoms with Crippen LogP contribution in [0, 0.1) is 5.82 Å². The first-order chi connectivity index (χ1) is 14.3. The molecule has 2 aromatic rings. The van der Waals surface area contributed by atoms with Gasteiger partial charge in [-0.05, 0) is 50.9 Å². The predicted molar refractivity (Wildman–Crippen MR) is 124 cm³/mol. The van der Waals surface area contributed by atoms with E-state index < -0.39 is 17.6 Å². The van der Waals surface area contributed by atoms with Gasteiger partial charge in [0.2, 0.25) is 5.95 Å². The van der Waals surface area contributed by atoms with E-state index in [0.717, 1.165) is 68.8 Å². The van der Waals surface area contributed by atoms with Crippen molar-refractivity contribution in [2.24, 2.45) is 0 Å². The number of aromatic nitrogens is 2. The third-order valence-corrected chi connectivity index (χ3v) is 5.23. The number of nitrogens with one attached hydrogen (secondary N) is 2. The molecule has 11 heteroatoms. The summed E-state index contributed by atoms with van der Waals surface area (Å²) in [4.78, 5) is 11.2. The van der Waals surface area contributed by atoms with Crippen molar-refractivity contribution >= 4 is 42.3 Å². The average molecular weight is 498 g/mol. The maximum atomic E-state index is 13.6. The normalized spacial score (nSPS) is 16.2. The van der Waals surface area contributed by atoms with Crippen LogP contribution in [0.15, 0.2) is 24.3 Å². The smallest absolute Gasteiger partial charge is 0.355 e. The molecule has 1 atom stereocenters. The zero-order valence-electron chi connectivity index (χ0n) is 18.0. The maximum absolute atomic E-state index is 13.6. The number of anilines is 3. The van der Waals surface area contributed by atoms with Gasteiger partial charge in [0.1, 0.15) is 11.6 Å². The van der Waals surface area contributed by atoms with Crippen LogP contribution in [0.2, 0.25) is 0 Å². The van der Waals surface area contributed by atoms with Gasteiger partial charge in [0.05, 0.1) is 5.56 Å². The summed E-state index contributed by atoms with van der Waals surface area (Å²) in [7, 11) is 1.93. The van der Waals surface area contributed by atoms with E-state index in [4.69, 9.17) is 0 Å². The molecular formula is C21H29Cl2F4N5. The molecule has 1 fully saturated rings. The van der Waals surface area contributed by atoms with Gasteiger partial charge in [-0.1, -0.05) is 13.3 Å². The standard InChI is InChI=1S/C21H27F4N5.2ClH/c1-3-4-6-14-12-19(30-10-5-7-16(13-30)26-2)29-20(27-14)28-15-8-9-18(22)17(11-15)21(23,24)25;;/h8-9,11-12,16,26H,3-7,10,13H2,1-2H3,(H,27,28,29);2*1H/t16-;;/m1../s1. The topological polar surface area (TPSA) is 53.1 Å². The first kappa shape index (κ1) is 28.2. The van der Waals surface area contributed by atoms with Crippen molar-refractivity contribution in [3.8, 4) is 0 Å². The Hall–Kier alpha value is -1.84. The Kier molecular flexibility index (Phi) is 10.9. The second-order valence-corrected chi connectivity index (χ2v) is 7.54. The Morgan fingerprint density at radius 2 is 1.91 bits per heavy atom. The summed E-state index contributed by atoms with van der Waals surface area (Å²) in [5.74, 6) is -0.348. The first-order valence-electron chi connectivity index (χ1n) is 10.2. The Bertz CT molecular complexity index is 867. The van der Waals surface area contributed by atoms with Crippen LogP contribution in [0.5, 0.6) is 0 Å². The Morgan fingerprint density at radius 1 is 1.16 bits per heavy atom. The van der Waals surface area contributed by atoms with Gasteiger partial charge in [0, 0.05) is 36.6 Å². The van der Waals surface area contributed by atoms with Crippen LogP contribution in [0.1, 0.15) is 43.9 Å². The molecule has 0 spiro atoms. The fourth-order valence-corrected chi connectivity index (χ4v) is 3.56. The molecule has 0 bridgehead atoms. The average Bonchev–Trinajstić information content (AvgIpc) is 2.72. The fraction of sp³-hybridized carbons (Fsp3) is 0.524. The van der Waals surface area contributed by atoms with Crippen molar-refractivity contribution in [2.45, 2.75) is 51.2 Å². The number of alkyl halides is 3. The monoisotopic (exact) mass is 497 g/mol. The zero-order valence-corrected chi connectivity index (χ0v) is 19.6. The van der Waals surface area contributed by atoms with Crippen molar-refractivity contribution in [1.82, 2.24) is 15.3 Å². The first-order valence-corrected chi connectivity index (χ1v) is 10.2. The number of hydrogen-bond acceptors (Lipinski definition) is 5. The minimum atomic E-state index is -4.77. The van der Waals surface area contributed by atoms with Crippen molar-refractivity contribution in [3.63, 3.8) is 0 Å². The number of likely N-dealkylation sites (N-methyl/N-ethyl adjacent to an activating group) is 1. The highest BCUT2D eigenvalue weighted by Crippen LogP contribution is 2.33. The van der Waals surface area contributed by atoms with Gasteiger partial charge in [0.25, 0.3) is 0 Å². The summed E-state index contributed by atoms with van der Waals surface area (Å²) >= 11 is 0. The molecule has 1 aliphatic rings. The molecule has 1 aromatic heterocycles. The van der Waals surface area contributed by atoms with E-state index in [1.165, 1.54) is 6.07 Å². The number of nitrogens with zero attached hydrogens (tertiary/aromatic N) is 3. The molecular weight excluding hydrogens is 469 g/mol. The number of unbranched alkanes of at least 4 members (excludes halogenated alkanes) is 1. The fourth-order valence-electron chi connectivity index (χ4n) is 3.56. The van der Waals surface area contributed by atoms with E-state index in [-0.39, 0.29) is 36.4 Å². The van der Waals surface area contributed by atoms with E-state index in [0.29, 0.717) is 6.04 Å². The van der Waals surface area contributed by atoms with E-state index in [1.807, 2.05) is 13.1 Å². The third kappa shape index (κ3) is 7.35. The molecule has 1 aliphatic heterocycles. The van der Waals surface area contributed by atoms with Crippen molar-refractivity contribution in [1.29, 1.82) is 0 Å². The molecule has 2 N–H and O–H groups in total. The molecule has 2 heterocycles. The molecule has 0 saturated carbocycles. The molecule has 5 nitrogen and oxygen atoms in total. The Balaban J connectivity index is 0.00000256. The van der Waals surface area contributed by atoms with Gasteiger partial charge in [0.15, 0.2) is 0 Å². The summed E-state index contributed by atoms with van der Waals surface area (Å²) in [5, 5.41) is 6.12. The van der Waals surface area contributed by atoms with E-state index >= 15 is 0 Å². The number of halogens is 6. The molecule has 1 saturated heterocycles. The molecule has 180 valence electrons. The second-order valence-electron chi connectivity index (χ2n) is 7.54. The molecule has 32 heavy (non-hydrogen) atoms. The quantitative estimate of drug-likeness (QED) is 0.476. The van der Waals surface area contributed by atoms with Gasteiger partial charge in [-0.15, -0.1) is 24.8 Å². The highest BCUT2D eigenvalue weighted by atomic mass is 35.5. The van der Waals surface area contributed by atoms with Crippen LogP contribution in [-0.2, 0) is 12.6 Å². The van der Waals surface area contributed by atoms with Gasteiger partial charge in [-0.2, -0.15) is 18.2 Å². The molecule has 0 amide bonds. The van der Waals surface area contributed by atoms with Crippen LogP contribution in [-0.4, -0.2) is 36.1 Å². The Labute approximate surface area is 198 Å². The minimum absolute atomic E-state index is 0. The summed E-state index contributed by atoms with van der Waals surface area (Å²) in [6, 6.07) is 5.11. The van der Waals surface area contributed by atoms with Crippen molar-refractivity contribution in [3.05, 3.63) is 41.3 Å². The van der Waals surface area contributed by atoms with Crippen LogP contribution in [0.3, 0.4) is 0 Å². The number of aryl methyl sites for hydroxylation is 1. The lowest BCUT2D eigenvalue weighted by molar-refractivity contribution is -0.139. The molecule has 0 unspecified atom stereocenters. The molecule has 1 aromatic carbocycles. The van der Waals surface area contributed by atoms with Gasteiger partial charge < -0.3 is 15.5 Å². The van der Waals surface area contributed by atoms with Crippen LogP contribution in [0.25, 0.3) is 0 Å². The largest absolute Gasteiger partial charge is 0.419 e. The van der Waals surface area contributed by atoms with Crippen molar-refractivity contribution < 1.29 is 17.6 Å². The lowest BCUT2D eigenvalue weighted by Gasteiger charge is -2.33. The summed E-state index contributed by atoms with van der Waals surface area (Å²) < 4.78 is 52.7. The second kappa shape index (κ2) is 12.4. The Morgan fingerprint density at radius 3 is 2.56 bits per heavy atom. The summed E-state index contributed by atoms with van der Waals surface area (Å²) in [5.41, 5.74) is -0.397. The van der Waals surface area contributed by atoms with Gasteiger partial charge in [-0.25, -0.2) is 9.37 Å². The van der Waals surface area contributed by atoms with Crippen LogP contribution >= 0.6 is 24.8 Å². The minimum Gasteiger partial charge on any atom is -0.355 e. The van der Waals surface area contributed by atoms with E-state index in [2.05, 4.69) is 32.4 Å². The number of hydrogen-bond donors (Lipinski definition) is 2. The van der Waals surface area contributed by atoms with Crippen molar-refractivity contribution in [2.75, 3.05) is 30.4 Å². The predicted octanol–water partition coefficient (Wildman–Crippen LogP) is 5.75. The zero-order chi connectivity index (χ0) is 21.7. The summed E-state index contributed by atoms with van der Waals surface area (Å²) in [6.45, 7) is 3.74. The van der Waals surface area contributed by atoms with Gasteiger partial charge in [-0.3, -0.25) is 0 Å².